The van der Waals surface area contributed by atoms with Crippen LogP contribution < -0.4 is 4.74 Å². The smallest absolute Gasteiger partial charge is 0.169 e. The summed E-state index contributed by atoms with van der Waals surface area (Å²) < 4.78 is 4.97. The number of aldehydes is 1. The average Bonchev–Trinajstić information content (AvgIpc) is 2.38. The first-order chi connectivity index (χ1) is 8.67. The van der Waals surface area contributed by atoms with Gasteiger partial charge in [-0.1, -0.05) is 23.7 Å². The summed E-state index contributed by atoms with van der Waals surface area (Å²) in [5, 5.41) is 10.5. The zero-order valence-corrected chi connectivity index (χ0v) is 10.4. The molecule has 0 amide bonds. The molecule has 1 N–H and O–H groups in total. The normalized spacial score (nSPS) is 10.1. The fraction of sp³-hybridized carbons (Fsp3) is 0.0714. The number of phenolic OH excluding ortho intramolecular Hbond substituents is 1. The summed E-state index contributed by atoms with van der Waals surface area (Å²) in [5.74, 6) is 0.104. The molecule has 0 saturated heterocycles. The van der Waals surface area contributed by atoms with E-state index < -0.39 is 0 Å². The van der Waals surface area contributed by atoms with Crippen molar-refractivity contribution in [3.8, 4) is 22.6 Å². The van der Waals surface area contributed by atoms with Crippen molar-refractivity contribution in [2.75, 3.05) is 7.11 Å². The Labute approximate surface area is 110 Å². The van der Waals surface area contributed by atoms with Crippen molar-refractivity contribution in [2.24, 2.45) is 0 Å². The van der Waals surface area contributed by atoms with Gasteiger partial charge in [0.2, 0.25) is 0 Å². The molecule has 2 aromatic carbocycles. The van der Waals surface area contributed by atoms with Gasteiger partial charge in [0.25, 0.3) is 0 Å². The fourth-order valence-electron chi connectivity index (χ4n) is 1.78. The Kier molecular flexibility index (Phi) is 3.53. The molecule has 0 spiro atoms. The number of carbonyl (C=O) groups excluding carboxylic acids is 1. The van der Waals surface area contributed by atoms with Crippen LogP contribution in [-0.4, -0.2) is 18.5 Å². The minimum absolute atomic E-state index is 0.162. The molecular weight excluding hydrogens is 252 g/mol. The molecule has 0 radical (unpaired) electrons. The molecule has 2 aromatic rings. The van der Waals surface area contributed by atoms with Gasteiger partial charge in [0.05, 0.1) is 12.7 Å². The fourth-order valence-corrected chi connectivity index (χ4v) is 1.97. The molecule has 0 heterocycles. The molecule has 0 aliphatic carbocycles. The summed E-state index contributed by atoms with van der Waals surface area (Å²) in [4.78, 5) is 11.1. The maximum Gasteiger partial charge on any atom is 0.169 e. The van der Waals surface area contributed by atoms with Crippen LogP contribution in [0.25, 0.3) is 11.1 Å². The largest absolute Gasteiger partial charge is 0.504 e. The van der Waals surface area contributed by atoms with Gasteiger partial charge in [0.1, 0.15) is 0 Å². The molecule has 2 rings (SSSR count). The zero-order valence-electron chi connectivity index (χ0n) is 9.68. The van der Waals surface area contributed by atoms with Crippen LogP contribution in [-0.2, 0) is 0 Å². The molecule has 0 aliphatic heterocycles. The predicted molar refractivity (Wildman–Crippen MR) is 70.5 cm³/mol. The Hall–Kier alpha value is -2.00. The number of carbonyl (C=O) groups is 1. The number of rotatable bonds is 3. The van der Waals surface area contributed by atoms with E-state index in [0.717, 1.165) is 5.56 Å². The topological polar surface area (TPSA) is 46.5 Å². The highest BCUT2D eigenvalue weighted by Gasteiger charge is 2.13. The minimum Gasteiger partial charge on any atom is -0.504 e. The third-order valence-electron chi connectivity index (χ3n) is 2.65. The van der Waals surface area contributed by atoms with Crippen LogP contribution in [0.5, 0.6) is 11.5 Å². The minimum atomic E-state index is -0.162. The van der Waals surface area contributed by atoms with Crippen molar-refractivity contribution < 1.29 is 14.6 Å². The first kappa shape index (κ1) is 12.5. The SMILES string of the molecule is COc1ccc(-c2cccc(Cl)c2)c(C=O)c1O. The number of hydrogen-bond donors (Lipinski definition) is 1. The molecule has 18 heavy (non-hydrogen) atoms. The highest BCUT2D eigenvalue weighted by atomic mass is 35.5. The average molecular weight is 263 g/mol. The van der Waals surface area contributed by atoms with Crippen LogP contribution in [0.4, 0.5) is 0 Å². The highest BCUT2D eigenvalue weighted by Crippen LogP contribution is 2.36. The number of aromatic hydroxyl groups is 1. The van der Waals surface area contributed by atoms with Gasteiger partial charge in [-0.2, -0.15) is 0 Å². The Balaban J connectivity index is 2.65. The standard InChI is InChI=1S/C14H11ClO3/c1-18-13-6-5-11(12(8-16)14(13)17)9-3-2-4-10(15)7-9/h2-8,17H,1H3. The number of halogens is 1. The third kappa shape index (κ3) is 2.17. The second kappa shape index (κ2) is 5.10. The maximum atomic E-state index is 11.1. The van der Waals surface area contributed by atoms with Crippen LogP contribution in [0.2, 0.25) is 5.02 Å². The lowest BCUT2D eigenvalue weighted by Gasteiger charge is -2.10. The number of ether oxygens (including phenoxy) is 1. The van der Waals surface area contributed by atoms with Gasteiger partial charge in [0, 0.05) is 5.02 Å². The van der Waals surface area contributed by atoms with Gasteiger partial charge in [-0.05, 0) is 35.4 Å². The molecule has 4 heteroatoms. The molecule has 0 bridgehead atoms. The van der Waals surface area contributed by atoms with Crippen molar-refractivity contribution in [2.45, 2.75) is 0 Å². The first-order valence-corrected chi connectivity index (χ1v) is 5.66. The van der Waals surface area contributed by atoms with Crippen molar-refractivity contribution in [1.29, 1.82) is 0 Å². The van der Waals surface area contributed by atoms with Crippen LogP contribution in [0, 0.1) is 0 Å². The van der Waals surface area contributed by atoms with Crippen LogP contribution in [0.3, 0.4) is 0 Å². The molecule has 0 saturated carbocycles. The summed E-state index contributed by atoms with van der Waals surface area (Å²) in [5.41, 5.74) is 1.57. The second-order valence-corrected chi connectivity index (χ2v) is 4.14. The van der Waals surface area contributed by atoms with Gasteiger partial charge in [-0.15, -0.1) is 0 Å². The van der Waals surface area contributed by atoms with E-state index in [4.69, 9.17) is 16.3 Å². The van der Waals surface area contributed by atoms with Gasteiger partial charge < -0.3 is 9.84 Å². The van der Waals surface area contributed by atoms with E-state index in [1.165, 1.54) is 7.11 Å². The maximum absolute atomic E-state index is 11.1. The summed E-state index contributed by atoms with van der Waals surface area (Å²) >= 11 is 5.91. The van der Waals surface area contributed by atoms with E-state index in [2.05, 4.69) is 0 Å². The van der Waals surface area contributed by atoms with E-state index in [-0.39, 0.29) is 17.1 Å². The molecule has 0 aromatic heterocycles. The number of hydrogen-bond acceptors (Lipinski definition) is 3. The van der Waals surface area contributed by atoms with E-state index >= 15 is 0 Å². The zero-order chi connectivity index (χ0) is 13.1. The molecule has 0 fully saturated rings. The summed E-state index contributed by atoms with van der Waals surface area (Å²) in [6.45, 7) is 0. The molecule has 0 aliphatic rings. The highest BCUT2D eigenvalue weighted by molar-refractivity contribution is 6.30. The Morgan fingerprint density at radius 1 is 1.28 bits per heavy atom. The predicted octanol–water partition coefficient (Wildman–Crippen LogP) is 3.53. The first-order valence-electron chi connectivity index (χ1n) is 5.28. The Morgan fingerprint density at radius 2 is 2.06 bits per heavy atom. The van der Waals surface area contributed by atoms with Gasteiger partial charge in [0.15, 0.2) is 17.8 Å². The molecule has 92 valence electrons. The van der Waals surface area contributed by atoms with Crippen molar-refractivity contribution in [3.05, 3.63) is 47.0 Å². The van der Waals surface area contributed by atoms with Crippen LogP contribution >= 0.6 is 11.6 Å². The van der Waals surface area contributed by atoms with Crippen LogP contribution in [0.15, 0.2) is 36.4 Å². The summed E-state index contributed by atoms with van der Waals surface area (Å²) in [6.07, 6.45) is 0.605. The lowest BCUT2D eigenvalue weighted by atomic mass is 9.99. The molecule has 3 nitrogen and oxygen atoms in total. The van der Waals surface area contributed by atoms with E-state index in [1.54, 1.807) is 30.3 Å². The van der Waals surface area contributed by atoms with Crippen molar-refractivity contribution >= 4 is 17.9 Å². The number of methoxy groups -OCH3 is 1. The van der Waals surface area contributed by atoms with Gasteiger partial charge >= 0.3 is 0 Å². The van der Waals surface area contributed by atoms with E-state index in [9.17, 15) is 9.90 Å². The second-order valence-electron chi connectivity index (χ2n) is 3.71. The Morgan fingerprint density at radius 3 is 2.67 bits per heavy atom. The summed E-state index contributed by atoms with van der Waals surface area (Å²) in [6, 6.07) is 10.4. The molecular formula is C14H11ClO3. The van der Waals surface area contributed by atoms with Crippen molar-refractivity contribution in [3.63, 3.8) is 0 Å². The van der Waals surface area contributed by atoms with Crippen molar-refractivity contribution in [1.82, 2.24) is 0 Å². The van der Waals surface area contributed by atoms with Gasteiger partial charge in [-0.25, -0.2) is 0 Å². The number of phenols is 1. The van der Waals surface area contributed by atoms with E-state index in [0.29, 0.717) is 16.9 Å². The number of benzene rings is 2. The molecule has 0 atom stereocenters. The lowest BCUT2D eigenvalue weighted by Crippen LogP contribution is -1.92. The summed E-state index contributed by atoms with van der Waals surface area (Å²) in [7, 11) is 1.43. The van der Waals surface area contributed by atoms with E-state index in [1.807, 2.05) is 6.07 Å². The molecule has 0 unspecified atom stereocenters. The third-order valence-corrected chi connectivity index (χ3v) is 2.89. The monoisotopic (exact) mass is 262 g/mol. The van der Waals surface area contributed by atoms with Crippen LogP contribution in [0.1, 0.15) is 10.4 Å². The van der Waals surface area contributed by atoms with Gasteiger partial charge in [-0.3, -0.25) is 4.79 Å². The Bertz CT molecular complexity index is 594. The lowest BCUT2D eigenvalue weighted by molar-refractivity contribution is 0.112. The quantitative estimate of drug-likeness (QED) is 0.861.